The number of anilines is 1. The Bertz CT molecular complexity index is 322. The van der Waals surface area contributed by atoms with Crippen LogP contribution in [0.1, 0.15) is 17.9 Å². The average molecular weight is 174 g/mol. The molecule has 2 unspecified atom stereocenters. The van der Waals surface area contributed by atoms with Crippen LogP contribution in [0.4, 0.5) is 5.69 Å². The molecule has 2 nitrogen and oxygen atoms in total. The molecule has 2 N–H and O–H groups in total. The minimum absolute atomic E-state index is 0.631. The fourth-order valence-corrected chi connectivity index (χ4v) is 2.53. The van der Waals surface area contributed by atoms with Gasteiger partial charge in [-0.05, 0) is 24.6 Å². The van der Waals surface area contributed by atoms with E-state index >= 15 is 0 Å². The molecule has 3 rings (SSSR count). The summed E-state index contributed by atoms with van der Waals surface area (Å²) >= 11 is 0. The Balaban J connectivity index is 2.01. The van der Waals surface area contributed by atoms with E-state index in [2.05, 4.69) is 34.9 Å². The van der Waals surface area contributed by atoms with Crippen molar-refractivity contribution in [3.05, 3.63) is 29.8 Å². The molecule has 2 aliphatic rings. The van der Waals surface area contributed by atoms with E-state index in [1.165, 1.54) is 17.7 Å². The predicted molar refractivity (Wildman–Crippen MR) is 54.1 cm³/mol. The van der Waals surface area contributed by atoms with Gasteiger partial charge in [-0.3, -0.25) is 0 Å². The number of para-hydroxylation sites is 1. The normalized spacial score (nSPS) is 30.5. The Kier molecular flexibility index (Phi) is 1.56. The van der Waals surface area contributed by atoms with Crippen LogP contribution in [-0.4, -0.2) is 19.1 Å². The van der Waals surface area contributed by atoms with Crippen LogP contribution in [-0.2, 0) is 0 Å². The largest absolute Gasteiger partial charge is 0.380 e. The lowest BCUT2D eigenvalue weighted by Gasteiger charge is -2.26. The Hall–Kier alpha value is -1.02. The lowest BCUT2D eigenvalue weighted by atomic mass is 9.89. The molecule has 0 aliphatic carbocycles. The molecule has 2 atom stereocenters. The maximum absolute atomic E-state index is 3.57. The summed E-state index contributed by atoms with van der Waals surface area (Å²) in [5, 5.41) is 7.00. The maximum atomic E-state index is 3.57. The Morgan fingerprint density at radius 2 is 2.15 bits per heavy atom. The maximum Gasteiger partial charge on any atom is 0.0455 e. The van der Waals surface area contributed by atoms with Crippen LogP contribution in [0, 0.1) is 0 Å². The second-order valence-corrected chi connectivity index (χ2v) is 3.94. The second kappa shape index (κ2) is 2.74. The molecule has 1 aromatic carbocycles. The second-order valence-electron chi connectivity index (χ2n) is 3.94. The van der Waals surface area contributed by atoms with Gasteiger partial charge in [0, 0.05) is 24.2 Å². The van der Waals surface area contributed by atoms with Crippen LogP contribution in [0.5, 0.6) is 0 Å². The van der Waals surface area contributed by atoms with Crippen molar-refractivity contribution in [1.82, 2.24) is 5.32 Å². The molecule has 2 heterocycles. The van der Waals surface area contributed by atoms with E-state index in [0.717, 1.165) is 19.0 Å². The molecular formula is C11H14N2. The fourth-order valence-electron chi connectivity index (χ4n) is 2.53. The summed E-state index contributed by atoms with van der Waals surface area (Å²) in [6.07, 6.45) is 1.27. The lowest BCUT2D eigenvalue weighted by molar-refractivity contribution is 0.439. The van der Waals surface area contributed by atoms with Gasteiger partial charge in [0.25, 0.3) is 0 Å². The summed E-state index contributed by atoms with van der Waals surface area (Å²) < 4.78 is 0. The highest BCUT2D eigenvalue weighted by Crippen LogP contribution is 2.38. The van der Waals surface area contributed by atoms with Crippen molar-refractivity contribution >= 4 is 5.69 Å². The molecule has 0 radical (unpaired) electrons. The van der Waals surface area contributed by atoms with Gasteiger partial charge >= 0.3 is 0 Å². The number of hydrogen-bond acceptors (Lipinski definition) is 2. The molecule has 2 heteroatoms. The first-order valence-electron chi connectivity index (χ1n) is 5.01. The van der Waals surface area contributed by atoms with Crippen LogP contribution in [0.2, 0.25) is 0 Å². The third kappa shape index (κ3) is 1.05. The van der Waals surface area contributed by atoms with E-state index in [4.69, 9.17) is 0 Å². The van der Waals surface area contributed by atoms with Crippen molar-refractivity contribution in [1.29, 1.82) is 0 Å². The Morgan fingerprint density at radius 3 is 3.15 bits per heavy atom. The van der Waals surface area contributed by atoms with Gasteiger partial charge in [0.15, 0.2) is 0 Å². The average Bonchev–Trinajstić information content (AvgIpc) is 2.56. The van der Waals surface area contributed by atoms with Gasteiger partial charge < -0.3 is 10.6 Å². The zero-order valence-electron chi connectivity index (χ0n) is 7.59. The van der Waals surface area contributed by atoms with Crippen molar-refractivity contribution in [2.45, 2.75) is 18.4 Å². The van der Waals surface area contributed by atoms with Crippen LogP contribution < -0.4 is 10.6 Å². The molecule has 0 amide bonds. The zero-order valence-corrected chi connectivity index (χ0v) is 7.59. The molecule has 68 valence electrons. The molecule has 0 bridgehead atoms. The van der Waals surface area contributed by atoms with Crippen molar-refractivity contribution in [2.24, 2.45) is 0 Å². The summed E-state index contributed by atoms with van der Waals surface area (Å²) in [6, 6.07) is 9.33. The van der Waals surface area contributed by atoms with Crippen LogP contribution in [0.3, 0.4) is 0 Å². The molecule has 1 fully saturated rings. The number of hydrogen-bond donors (Lipinski definition) is 2. The summed E-state index contributed by atoms with van der Waals surface area (Å²) in [6.45, 7) is 2.27. The lowest BCUT2D eigenvalue weighted by Crippen LogP contribution is -2.40. The van der Waals surface area contributed by atoms with E-state index in [1.807, 2.05) is 0 Å². The van der Waals surface area contributed by atoms with E-state index in [1.54, 1.807) is 0 Å². The minimum atomic E-state index is 0.631. The van der Waals surface area contributed by atoms with Gasteiger partial charge in [0.1, 0.15) is 0 Å². The third-order valence-corrected chi connectivity index (χ3v) is 3.18. The SMILES string of the molecule is c1ccc2c(c1)NC1CNCCC21. The first-order valence-corrected chi connectivity index (χ1v) is 5.01. The topological polar surface area (TPSA) is 24.1 Å². The number of nitrogens with one attached hydrogen (secondary N) is 2. The van der Waals surface area contributed by atoms with Gasteiger partial charge in [-0.1, -0.05) is 18.2 Å². The standard InChI is InChI=1S/C11H14N2/c1-2-4-10-8(3-1)9-5-6-12-7-11(9)13-10/h1-4,9,11-13H,5-7H2. The van der Waals surface area contributed by atoms with Gasteiger partial charge in [-0.15, -0.1) is 0 Å². The van der Waals surface area contributed by atoms with Gasteiger partial charge in [-0.2, -0.15) is 0 Å². The molecule has 1 saturated heterocycles. The quantitative estimate of drug-likeness (QED) is 0.623. The smallest absolute Gasteiger partial charge is 0.0455 e. The Morgan fingerprint density at radius 1 is 1.23 bits per heavy atom. The summed E-state index contributed by atoms with van der Waals surface area (Å²) in [5.41, 5.74) is 2.87. The monoisotopic (exact) mass is 174 g/mol. The first kappa shape index (κ1) is 7.39. The highest BCUT2D eigenvalue weighted by atomic mass is 15.0. The zero-order chi connectivity index (χ0) is 8.67. The van der Waals surface area contributed by atoms with Crippen LogP contribution in [0.25, 0.3) is 0 Å². The minimum Gasteiger partial charge on any atom is -0.380 e. The molecule has 0 spiro atoms. The highest BCUT2D eigenvalue weighted by Gasteiger charge is 2.33. The van der Waals surface area contributed by atoms with Gasteiger partial charge in [0.2, 0.25) is 0 Å². The molecule has 0 saturated carbocycles. The molecule has 0 aromatic heterocycles. The molecule has 1 aromatic rings. The fraction of sp³-hybridized carbons (Fsp3) is 0.455. The number of fused-ring (bicyclic) bond motifs is 3. The van der Waals surface area contributed by atoms with E-state index in [0.29, 0.717) is 6.04 Å². The predicted octanol–water partition coefficient (Wildman–Crippen LogP) is 1.56. The molecule has 2 aliphatic heterocycles. The van der Waals surface area contributed by atoms with Crippen LogP contribution >= 0.6 is 0 Å². The Labute approximate surface area is 78.3 Å². The number of rotatable bonds is 0. The van der Waals surface area contributed by atoms with Gasteiger partial charge in [-0.25, -0.2) is 0 Å². The third-order valence-electron chi connectivity index (χ3n) is 3.18. The van der Waals surface area contributed by atoms with E-state index in [9.17, 15) is 0 Å². The highest BCUT2D eigenvalue weighted by molar-refractivity contribution is 5.59. The first-order chi connectivity index (χ1) is 6.45. The molecule has 13 heavy (non-hydrogen) atoms. The van der Waals surface area contributed by atoms with E-state index < -0.39 is 0 Å². The van der Waals surface area contributed by atoms with E-state index in [-0.39, 0.29) is 0 Å². The molecular weight excluding hydrogens is 160 g/mol. The summed E-state index contributed by atoms with van der Waals surface area (Å²) in [4.78, 5) is 0. The summed E-state index contributed by atoms with van der Waals surface area (Å²) in [5.74, 6) is 0.748. The van der Waals surface area contributed by atoms with Crippen molar-refractivity contribution < 1.29 is 0 Å². The van der Waals surface area contributed by atoms with Gasteiger partial charge in [0.05, 0.1) is 0 Å². The number of piperidine rings is 1. The van der Waals surface area contributed by atoms with Crippen molar-refractivity contribution in [2.75, 3.05) is 18.4 Å². The summed E-state index contributed by atoms with van der Waals surface area (Å²) in [7, 11) is 0. The van der Waals surface area contributed by atoms with Crippen LogP contribution in [0.15, 0.2) is 24.3 Å². The van der Waals surface area contributed by atoms with Crippen molar-refractivity contribution in [3.8, 4) is 0 Å². The van der Waals surface area contributed by atoms with Crippen molar-refractivity contribution in [3.63, 3.8) is 0 Å². The number of benzene rings is 1.